The van der Waals surface area contributed by atoms with E-state index in [2.05, 4.69) is 13.8 Å². The fraction of sp³-hybridized carbons (Fsp3) is 0.969. The molecule has 198 valence electrons. The van der Waals surface area contributed by atoms with E-state index in [-0.39, 0.29) is 5.41 Å². The van der Waals surface area contributed by atoms with Crippen LogP contribution < -0.4 is 0 Å². The van der Waals surface area contributed by atoms with Crippen molar-refractivity contribution in [2.75, 3.05) is 0 Å². The Hall–Kier alpha value is -0.530. The summed E-state index contributed by atoms with van der Waals surface area (Å²) in [6.45, 7) is 4.60. The van der Waals surface area contributed by atoms with E-state index in [1.54, 1.807) is 0 Å². The lowest BCUT2D eigenvalue weighted by molar-refractivity contribution is -0.171. The highest BCUT2D eigenvalue weighted by atomic mass is 16.4. The molecule has 0 aromatic heterocycles. The van der Waals surface area contributed by atoms with Gasteiger partial charge in [-0.25, -0.2) is 0 Å². The minimum absolute atomic E-state index is 0.0629. The maximum atomic E-state index is 13.0. The zero-order valence-electron chi connectivity index (χ0n) is 23.1. The van der Waals surface area contributed by atoms with Crippen LogP contribution in [0.25, 0.3) is 0 Å². The van der Waals surface area contributed by atoms with E-state index in [1.165, 1.54) is 135 Å². The number of unbranched alkanes of at least 4 members (excludes halogenated alkanes) is 7. The molecule has 0 aromatic carbocycles. The van der Waals surface area contributed by atoms with Crippen LogP contribution in [0.1, 0.15) is 174 Å². The topological polar surface area (TPSA) is 37.3 Å². The van der Waals surface area contributed by atoms with Crippen LogP contribution in [-0.2, 0) is 4.79 Å². The van der Waals surface area contributed by atoms with Gasteiger partial charge in [0.25, 0.3) is 0 Å². The average Bonchev–Trinajstić information content (AvgIpc) is 2.88. The lowest BCUT2D eigenvalue weighted by atomic mass is 9.46. The molecule has 2 heteroatoms. The van der Waals surface area contributed by atoms with Gasteiger partial charge in [-0.1, -0.05) is 110 Å². The first-order valence-corrected chi connectivity index (χ1v) is 15.8. The van der Waals surface area contributed by atoms with Crippen molar-refractivity contribution in [3.8, 4) is 0 Å². The Morgan fingerprint density at radius 1 is 0.647 bits per heavy atom. The van der Waals surface area contributed by atoms with Crippen LogP contribution in [0.3, 0.4) is 0 Å². The minimum atomic E-state index is -0.438. The quantitative estimate of drug-likeness (QED) is 0.254. The van der Waals surface area contributed by atoms with Gasteiger partial charge in [0.15, 0.2) is 0 Å². The second kappa shape index (κ2) is 13.7. The number of hydrogen-bond donors (Lipinski definition) is 1. The Morgan fingerprint density at radius 3 is 1.76 bits per heavy atom. The molecule has 3 rings (SSSR count). The maximum Gasteiger partial charge on any atom is 0.310 e. The number of hydrogen-bond acceptors (Lipinski definition) is 1. The third-order valence-electron chi connectivity index (χ3n) is 11.1. The van der Waals surface area contributed by atoms with Gasteiger partial charge in [-0.2, -0.15) is 0 Å². The summed E-state index contributed by atoms with van der Waals surface area (Å²) < 4.78 is 0. The predicted octanol–water partition coefficient (Wildman–Crippen LogP) is 10.5. The van der Waals surface area contributed by atoms with Crippen molar-refractivity contribution >= 4 is 5.97 Å². The molecule has 3 aliphatic carbocycles. The van der Waals surface area contributed by atoms with E-state index in [0.29, 0.717) is 5.41 Å². The lowest BCUT2D eigenvalue weighted by Gasteiger charge is -2.58. The van der Waals surface area contributed by atoms with Gasteiger partial charge in [0.2, 0.25) is 0 Å². The van der Waals surface area contributed by atoms with E-state index < -0.39 is 11.4 Å². The molecule has 1 N–H and O–H groups in total. The van der Waals surface area contributed by atoms with E-state index >= 15 is 0 Å². The van der Waals surface area contributed by atoms with Crippen LogP contribution in [0, 0.1) is 22.2 Å². The molecule has 0 aliphatic heterocycles. The summed E-state index contributed by atoms with van der Waals surface area (Å²) in [4.78, 5) is 13.0. The van der Waals surface area contributed by atoms with Crippen molar-refractivity contribution in [3.63, 3.8) is 0 Å². The summed E-state index contributed by atoms with van der Waals surface area (Å²) >= 11 is 0. The predicted molar refractivity (Wildman–Crippen MR) is 145 cm³/mol. The number of carbonyl (C=O) groups is 1. The summed E-state index contributed by atoms with van der Waals surface area (Å²) in [6, 6.07) is 0. The Labute approximate surface area is 212 Å². The normalized spacial score (nSPS) is 30.3. The van der Waals surface area contributed by atoms with Gasteiger partial charge < -0.3 is 5.11 Å². The van der Waals surface area contributed by atoms with Gasteiger partial charge in [-0.3, -0.25) is 4.79 Å². The van der Waals surface area contributed by atoms with E-state index in [4.69, 9.17) is 0 Å². The van der Waals surface area contributed by atoms with Crippen molar-refractivity contribution in [2.24, 2.45) is 22.2 Å². The van der Waals surface area contributed by atoms with Gasteiger partial charge in [0.1, 0.15) is 0 Å². The number of aliphatic carboxylic acids is 1. The molecule has 0 spiro atoms. The van der Waals surface area contributed by atoms with Crippen LogP contribution in [0.15, 0.2) is 0 Å². The molecule has 0 radical (unpaired) electrons. The standard InChI is InChI=1S/C32H58O2/c1-3-5-7-9-14-20-30(28-18-12-10-13-19-28)24-26-31(27-25-30,21-15-8-6-4-2)32(29(33)34)22-16-11-17-23-32/h28H,3-27H2,1-2H3,(H,33,34). The summed E-state index contributed by atoms with van der Waals surface area (Å²) in [7, 11) is 0. The van der Waals surface area contributed by atoms with Crippen molar-refractivity contribution in [3.05, 3.63) is 0 Å². The first-order chi connectivity index (χ1) is 16.5. The third-order valence-corrected chi connectivity index (χ3v) is 11.1. The molecule has 3 aliphatic rings. The first kappa shape index (κ1) is 28.0. The molecule has 2 nitrogen and oxygen atoms in total. The zero-order valence-corrected chi connectivity index (χ0v) is 23.1. The number of carboxylic acid groups (broad SMARTS) is 1. The zero-order chi connectivity index (χ0) is 24.3. The molecule has 0 saturated heterocycles. The largest absolute Gasteiger partial charge is 0.481 e. The smallest absolute Gasteiger partial charge is 0.310 e. The highest BCUT2D eigenvalue weighted by Crippen LogP contribution is 2.64. The molecular weight excluding hydrogens is 416 g/mol. The second-order valence-electron chi connectivity index (χ2n) is 12.9. The SMILES string of the molecule is CCCCCCCC1(C2CCCCC2)CCC(CCCCCC)(C2(C(=O)O)CCCCC2)CC1. The van der Waals surface area contributed by atoms with Crippen molar-refractivity contribution in [1.29, 1.82) is 0 Å². The summed E-state index contributed by atoms with van der Waals surface area (Å²) in [6.07, 6.45) is 32.3. The Balaban J connectivity index is 1.79. The molecule has 3 saturated carbocycles. The molecule has 3 fully saturated rings. The minimum Gasteiger partial charge on any atom is -0.481 e. The summed E-state index contributed by atoms with van der Waals surface area (Å²) in [5.41, 5.74) is 0.151. The van der Waals surface area contributed by atoms with Gasteiger partial charge >= 0.3 is 5.97 Å². The van der Waals surface area contributed by atoms with Gasteiger partial charge in [0, 0.05) is 0 Å². The van der Waals surface area contributed by atoms with E-state index in [1.807, 2.05) is 0 Å². The van der Waals surface area contributed by atoms with Crippen molar-refractivity contribution < 1.29 is 9.90 Å². The fourth-order valence-electron chi connectivity index (χ4n) is 8.87. The van der Waals surface area contributed by atoms with Gasteiger partial charge in [0.05, 0.1) is 5.41 Å². The monoisotopic (exact) mass is 474 g/mol. The van der Waals surface area contributed by atoms with Gasteiger partial charge in [-0.15, -0.1) is 0 Å². The molecule has 0 atom stereocenters. The van der Waals surface area contributed by atoms with Crippen LogP contribution in [0.4, 0.5) is 0 Å². The third kappa shape index (κ3) is 6.42. The molecular formula is C32H58O2. The van der Waals surface area contributed by atoms with Crippen LogP contribution >= 0.6 is 0 Å². The fourth-order valence-corrected chi connectivity index (χ4v) is 8.87. The Kier molecular flexibility index (Phi) is 11.3. The average molecular weight is 475 g/mol. The van der Waals surface area contributed by atoms with E-state index in [9.17, 15) is 9.90 Å². The van der Waals surface area contributed by atoms with Gasteiger partial charge in [-0.05, 0) is 81.0 Å². The molecule has 0 bridgehead atoms. The molecule has 0 unspecified atom stereocenters. The van der Waals surface area contributed by atoms with Crippen LogP contribution in [0.5, 0.6) is 0 Å². The second-order valence-corrected chi connectivity index (χ2v) is 12.9. The summed E-state index contributed by atoms with van der Waals surface area (Å²) in [5.74, 6) is 0.477. The highest BCUT2D eigenvalue weighted by Gasteiger charge is 2.59. The maximum absolute atomic E-state index is 13.0. The lowest BCUT2D eigenvalue weighted by Crippen LogP contribution is -2.53. The molecule has 0 heterocycles. The first-order valence-electron chi connectivity index (χ1n) is 15.8. The van der Waals surface area contributed by atoms with E-state index in [0.717, 1.165) is 31.6 Å². The highest BCUT2D eigenvalue weighted by molar-refractivity contribution is 5.76. The molecule has 0 amide bonds. The Bertz CT molecular complexity index is 574. The molecule has 0 aromatic rings. The van der Waals surface area contributed by atoms with Crippen LogP contribution in [0.2, 0.25) is 0 Å². The van der Waals surface area contributed by atoms with Crippen molar-refractivity contribution in [2.45, 2.75) is 174 Å². The number of carboxylic acids is 1. The van der Waals surface area contributed by atoms with Crippen LogP contribution in [-0.4, -0.2) is 11.1 Å². The summed E-state index contributed by atoms with van der Waals surface area (Å²) in [5, 5.41) is 10.7. The van der Waals surface area contributed by atoms with Crippen molar-refractivity contribution in [1.82, 2.24) is 0 Å². The Morgan fingerprint density at radius 2 is 1.18 bits per heavy atom. The molecule has 34 heavy (non-hydrogen) atoms. The number of rotatable bonds is 14.